The van der Waals surface area contributed by atoms with E-state index in [9.17, 15) is 14.5 Å². The Balaban J connectivity index is 1.44. The number of aliphatic hydroxyl groups excluding tert-OH is 1. The lowest BCUT2D eigenvalue weighted by atomic mass is 9.99. The first-order valence-electron chi connectivity index (χ1n) is 15.0. The minimum Gasteiger partial charge on any atom is -0.464 e. The lowest BCUT2D eigenvalue weighted by Gasteiger charge is -2.32. The highest BCUT2D eigenvalue weighted by Gasteiger charge is 2.57. The molecule has 0 amide bonds. The SMILES string of the molecule is CNc1nc(C)nc2c1ncn2[C@@H]1O[C@](CCl)(COP(=O)(N[C@H](C)C(=O)OCC(C)(C)C)Oc2cccc3ccccc23)[C@@H](O)[C@@H]1F. The van der Waals surface area contributed by atoms with E-state index in [1.54, 1.807) is 38.2 Å². The molecule has 254 valence electrons. The first-order valence-corrected chi connectivity index (χ1v) is 17.1. The average molecular weight is 693 g/mol. The van der Waals surface area contributed by atoms with Crippen LogP contribution in [0.5, 0.6) is 5.75 Å². The molecule has 0 spiro atoms. The monoisotopic (exact) mass is 692 g/mol. The zero-order chi connectivity index (χ0) is 34.1. The van der Waals surface area contributed by atoms with E-state index in [0.29, 0.717) is 22.5 Å². The van der Waals surface area contributed by atoms with E-state index in [-0.39, 0.29) is 23.4 Å². The molecular formula is C31H39ClFN6O7P. The molecule has 1 fully saturated rings. The summed E-state index contributed by atoms with van der Waals surface area (Å²) >= 11 is 6.33. The van der Waals surface area contributed by atoms with Gasteiger partial charge in [-0.25, -0.2) is 23.9 Å². The molecule has 1 unspecified atom stereocenters. The number of alkyl halides is 2. The topological polar surface area (TPSA) is 159 Å². The number of carbonyl (C=O) groups is 1. The minimum atomic E-state index is -4.48. The molecule has 4 aromatic rings. The van der Waals surface area contributed by atoms with Crippen LogP contribution in [0, 0.1) is 12.3 Å². The number of ether oxygens (including phenoxy) is 2. The van der Waals surface area contributed by atoms with Gasteiger partial charge >= 0.3 is 13.7 Å². The second-order valence-corrected chi connectivity index (χ2v) is 14.6. The second kappa shape index (κ2) is 13.6. The Morgan fingerprint density at radius 2 is 1.96 bits per heavy atom. The van der Waals surface area contributed by atoms with Gasteiger partial charge in [0.05, 0.1) is 25.4 Å². The van der Waals surface area contributed by atoms with Gasteiger partial charge in [-0.2, -0.15) is 5.09 Å². The fourth-order valence-corrected chi connectivity index (χ4v) is 6.94. The number of rotatable bonds is 12. The van der Waals surface area contributed by atoms with Crippen LogP contribution in [0.25, 0.3) is 21.9 Å². The zero-order valence-electron chi connectivity index (χ0n) is 26.9. The number of hydrogen-bond donors (Lipinski definition) is 3. The van der Waals surface area contributed by atoms with Crippen LogP contribution >= 0.6 is 19.3 Å². The fraction of sp³-hybridized carbons (Fsp3) is 0.484. The van der Waals surface area contributed by atoms with Gasteiger partial charge < -0.3 is 24.4 Å². The summed E-state index contributed by atoms with van der Waals surface area (Å²) in [6.07, 6.45) is -3.93. The quantitative estimate of drug-likeness (QED) is 0.100. The Morgan fingerprint density at radius 3 is 2.66 bits per heavy atom. The Kier molecular flexibility index (Phi) is 10.1. The molecule has 0 bridgehead atoms. The summed E-state index contributed by atoms with van der Waals surface area (Å²) in [7, 11) is -2.81. The Labute approximate surface area is 276 Å². The summed E-state index contributed by atoms with van der Waals surface area (Å²) in [4.78, 5) is 25.9. The van der Waals surface area contributed by atoms with E-state index in [1.165, 1.54) is 17.8 Å². The van der Waals surface area contributed by atoms with Crippen molar-refractivity contribution < 1.29 is 37.4 Å². The number of fused-ring (bicyclic) bond motifs is 2. The zero-order valence-corrected chi connectivity index (χ0v) is 28.6. The minimum absolute atomic E-state index is 0.116. The van der Waals surface area contributed by atoms with Crippen molar-refractivity contribution in [2.75, 3.05) is 31.5 Å². The van der Waals surface area contributed by atoms with Crippen molar-refractivity contribution >= 4 is 53.1 Å². The van der Waals surface area contributed by atoms with Gasteiger partial charge in [-0.05, 0) is 30.7 Å². The third kappa shape index (κ3) is 7.38. The molecule has 1 aliphatic heterocycles. The van der Waals surface area contributed by atoms with Gasteiger partial charge in [0, 0.05) is 12.4 Å². The molecule has 3 heterocycles. The number of benzene rings is 2. The first kappa shape index (κ1) is 34.9. The third-order valence-corrected chi connectivity index (χ3v) is 9.60. The molecule has 6 atom stereocenters. The fourth-order valence-electron chi connectivity index (χ4n) is 5.08. The summed E-state index contributed by atoms with van der Waals surface area (Å²) < 4.78 is 55.1. The molecule has 1 saturated heterocycles. The second-order valence-electron chi connectivity index (χ2n) is 12.6. The summed E-state index contributed by atoms with van der Waals surface area (Å²) in [5.41, 5.74) is -1.57. The number of nitrogens with one attached hydrogen (secondary N) is 2. The van der Waals surface area contributed by atoms with Gasteiger partial charge in [0.25, 0.3) is 0 Å². The van der Waals surface area contributed by atoms with Crippen LogP contribution in [0.15, 0.2) is 48.8 Å². The van der Waals surface area contributed by atoms with Crippen LogP contribution in [-0.4, -0.2) is 80.7 Å². The number of imidazole rings is 1. The maximum Gasteiger partial charge on any atom is 0.459 e. The van der Waals surface area contributed by atoms with Gasteiger partial charge in [0.2, 0.25) is 0 Å². The van der Waals surface area contributed by atoms with Crippen molar-refractivity contribution in [3.63, 3.8) is 0 Å². The van der Waals surface area contributed by atoms with Gasteiger partial charge in [-0.3, -0.25) is 13.9 Å². The Hall–Kier alpha value is -3.39. The molecule has 5 rings (SSSR count). The largest absolute Gasteiger partial charge is 0.464 e. The van der Waals surface area contributed by atoms with E-state index < -0.39 is 56.3 Å². The van der Waals surface area contributed by atoms with Crippen molar-refractivity contribution in [3.8, 4) is 5.75 Å². The van der Waals surface area contributed by atoms with Gasteiger partial charge in [0.1, 0.15) is 29.3 Å². The number of halogens is 2. The number of aliphatic hydroxyl groups is 1. The van der Waals surface area contributed by atoms with Crippen LogP contribution in [-0.2, 0) is 23.4 Å². The molecule has 13 nitrogen and oxygen atoms in total. The van der Waals surface area contributed by atoms with Gasteiger partial charge in [0.15, 0.2) is 29.4 Å². The van der Waals surface area contributed by atoms with Gasteiger partial charge in [-0.15, -0.1) is 11.6 Å². The molecule has 16 heteroatoms. The van der Waals surface area contributed by atoms with Gasteiger partial charge in [-0.1, -0.05) is 57.2 Å². The highest BCUT2D eigenvalue weighted by atomic mass is 35.5. The van der Waals surface area contributed by atoms with E-state index in [2.05, 4.69) is 25.4 Å². The predicted molar refractivity (Wildman–Crippen MR) is 175 cm³/mol. The summed E-state index contributed by atoms with van der Waals surface area (Å²) in [5, 5.41) is 18.2. The maximum absolute atomic E-state index is 15.9. The average Bonchev–Trinajstić information content (AvgIpc) is 3.56. The summed E-state index contributed by atoms with van der Waals surface area (Å²) in [6.45, 7) is 8.26. The van der Waals surface area contributed by atoms with E-state index in [4.69, 9.17) is 30.1 Å². The normalized spacial score (nSPS) is 23.5. The lowest BCUT2D eigenvalue weighted by Crippen LogP contribution is -2.48. The van der Waals surface area contributed by atoms with E-state index in [0.717, 1.165) is 5.39 Å². The Morgan fingerprint density at radius 1 is 1.23 bits per heavy atom. The number of aromatic nitrogens is 4. The number of esters is 1. The third-order valence-electron chi connectivity index (χ3n) is 7.54. The van der Waals surface area contributed by atoms with Crippen molar-refractivity contribution in [2.24, 2.45) is 5.41 Å². The highest BCUT2D eigenvalue weighted by molar-refractivity contribution is 7.52. The number of aryl methyl sites for hydroxylation is 1. The summed E-state index contributed by atoms with van der Waals surface area (Å²) in [5.74, 6) is -0.116. The highest BCUT2D eigenvalue weighted by Crippen LogP contribution is 2.50. The van der Waals surface area contributed by atoms with Crippen LogP contribution < -0.4 is 14.9 Å². The molecule has 2 aromatic carbocycles. The van der Waals surface area contributed by atoms with Crippen molar-refractivity contribution in [1.29, 1.82) is 0 Å². The molecule has 0 saturated carbocycles. The van der Waals surface area contributed by atoms with E-state index in [1.807, 2.05) is 39.0 Å². The molecule has 47 heavy (non-hydrogen) atoms. The maximum atomic E-state index is 15.9. The van der Waals surface area contributed by atoms with Crippen molar-refractivity contribution in [3.05, 3.63) is 54.6 Å². The van der Waals surface area contributed by atoms with Crippen molar-refractivity contribution in [2.45, 2.75) is 64.8 Å². The first-order chi connectivity index (χ1) is 22.2. The smallest absolute Gasteiger partial charge is 0.459 e. The molecule has 0 aliphatic carbocycles. The van der Waals surface area contributed by atoms with E-state index >= 15 is 4.39 Å². The van der Waals surface area contributed by atoms with Crippen LogP contribution in [0.3, 0.4) is 0 Å². The molecule has 3 N–H and O–H groups in total. The van der Waals surface area contributed by atoms with Crippen molar-refractivity contribution in [1.82, 2.24) is 24.6 Å². The number of nitrogens with zero attached hydrogens (tertiary/aromatic N) is 4. The molecular weight excluding hydrogens is 654 g/mol. The van der Waals surface area contributed by atoms with Crippen LogP contribution in [0.4, 0.5) is 10.2 Å². The van der Waals surface area contributed by atoms with Crippen LogP contribution in [0.2, 0.25) is 0 Å². The number of anilines is 1. The number of hydrogen-bond acceptors (Lipinski definition) is 11. The summed E-state index contributed by atoms with van der Waals surface area (Å²) in [6, 6.07) is 11.3. The standard InChI is InChI=1S/C31H39ClFN6O7P/c1-18(29(41)43-15-30(3,4)5)38-47(42,46-22-13-9-11-20-10-7-8-12-21(20)22)44-16-31(14-32)25(40)23(33)28(45-31)39-17-35-24-26(34-6)36-19(2)37-27(24)39/h7-13,17-18,23,25,28,40H,14-16H2,1-6H3,(H,38,42)(H,34,36,37)/t18-,23+,25+,28-,31-,47?/m1/s1. The Bertz CT molecular complexity index is 1800. The number of carbonyl (C=O) groups excluding carboxylic acids is 1. The lowest BCUT2D eigenvalue weighted by molar-refractivity contribution is -0.148. The predicted octanol–water partition coefficient (Wildman–Crippen LogP) is 5.31. The van der Waals surface area contributed by atoms with Crippen LogP contribution in [0.1, 0.15) is 39.7 Å². The molecule has 2 aromatic heterocycles. The molecule has 0 radical (unpaired) electrons. The molecule has 1 aliphatic rings.